The van der Waals surface area contributed by atoms with E-state index < -0.39 is 0 Å². The number of phenols is 1. The van der Waals surface area contributed by atoms with Crippen molar-refractivity contribution in [1.82, 2.24) is 0 Å². The maximum atomic E-state index is 13.8. The molecule has 4 nitrogen and oxygen atoms in total. The van der Waals surface area contributed by atoms with Crippen LogP contribution in [0.1, 0.15) is 41.5 Å². The van der Waals surface area contributed by atoms with Gasteiger partial charge in [-0.3, -0.25) is 4.79 Å². The fourth-order valence-electron chi connectivity index (χ4n) is 5.53. The highest BCUT2D eigenvalue weighted by atomic mass is 16.5. The maximum absolute atomic E-state index is 13.8. The zero-order valence-corrected chi connectivity index (χ0v) is 18.9. The Morgan fingerprint density at radius 2 is 1.68 bits per heavy atom. The maximum Gasteiger partial charge on any atom is 0.162 e. The lowest BCUT2D eigenvalue weighted by Crippen LogP contribution is -2.29. The van der Waals surface area contributed by atoms with Crippen molar-refractivity contribution in [3.05, 3.63) is 107 Å². The van der Waals surface area contributed by atoms with Crippen LogP contribution in [0.25, 0.3) is 16.3 Å². The summed E-state index contributed by atoms with van der Waals surface area (Å²) in [5.41, 5.74) is 6.19. The molecule has 0 saturated heterocycles. The Hall–Kier alpha value is -4.05. The Labute approximate surface area is 198 Å². The van der Waals surface area contributed by atoms with Crippen LogP contribution in [0.3, 0.4) is 0 Å². The average molecular weight is 448 g/mol. The van der Waals surface area contributed by atoms with Gasteiger partial charge in [0.05, 0.1) is 13.2 Å². The van der Waals surface area contributed by atoms with Crippen LogP contribution in [-0.4, -0.2) is 18.0 Å². The minimum Gasteiger partial charge on any atom is -0.504 e. The predicted molar refractivity (Wildman–Crippen MR) is 135 cm³/mol. The number of phenolic OH excluding ortho intramolecular Hbond substituents is 1. The normalized spacial score (nSPS) is 19.4. The summed E-state index contributed by atoms with van der Waals surface area (Å²) in [5.74, 6) is 0.795. The van der Waals surface area contributed by atoms with Crippen LogP contribution in [0.4, 0.5) is 5.69 Å². The monoisotopic (exact) mass is 447 g/mol. The number of benzene rings is 4. The molecule has 0 aromatic heterocycles. The third-order valence-corrected chi connectivity index (χ3v) is 7.14. The first-order valence-corrected chi connectivity index (χ1v) is 11.6. The topological polar surface area (TPSA) is 58.6 Å². The molecule has 0 amide bonds. The van der Waals surface area contributed by atoms with Gasteiger partial charge in [-0.25, -0.2) is 0 Å². The first-order chi connectivity index (χ1) is 16.6. The number of rotatable bonds is 3. The van der Waals surface area contributed by atoms with Crippen molar-refractivity contribution in [3.8, 4) is 11.5 Å². The van der Waals surface area contributed by atoms with Gasteiger partial charge in [0.15, 0.2) is 17.3 Å². The van der Waals surface area contributed by atoms with E-state index in [0.717, 1.165) is 45.2 Å². The molecule has 0 bridgehead atoms. The molecule has 0 fully saturated rings. The summed E-state index contributed by atoms with van der Waals surface area (Å²) in [5, 5.41) is 16.1. The molecule has 1 aliphatic heterocycles. The van der Waals surface area contributed by atoms with E-state index in [9.17, 15) is 9.90 Å². The molecular formula is C30H25NO3. The number of aromatic hydroxyl groups is 1. The van der Waals surface area contributed by atoms with Gasteiger partial charge in [-0.2, -0.15) is 0 Å². The molecule has 34 heavy (non-hydrogen) atoms. The van der Waals surface area contributed by atoms with Gasteiger partial charge in [-0.05, 0) is 58.0 Å². The second-order valence-corrected chi connectivity index (χ2v) is 9.05. The SMILES string of the molecule is COc1cc([C@@H]2Nc3ccc4ccccc4c3C3=C2C(=O)C[C@H](c2ccccc2)C3)ccc1O. The Morgan fingerprint density at radius 3 is 2.50 bits per heavy atom. The molecule has 4 aromatic carbocycles. The summed E-state index contributed by atoms with van der Waals surface area (Å²) >= 11 is 0. The molecule has 0 saturated carbocycles. The molecule has 2 atom stereocenters. The number of nitrogens with one attached hydrogen (secondary N) is 1. The third-order valence-electron chi connectivity index (χ3n) is 7.14. The molecule has 168 valence electrons. The molecule has 6 rings (SSSR count). The van der Waals surface area contributed by atoms with Crippen LogP contribution in [0.2, 0.25) is 0 Å². The van der Waals surface area contributed by atoms with E-state index in [1.165, 1.54) is 12.7 Å². The number of allylic oxidation sites excluding steroid dienone is 1. The van der Waals surface area contributed by atoms with Crippen molar-refractivity contribution < 1.29 is 14.6 Å². The van der Waals surface area contributed by atoms with Crippen molar-refractivity contribution in [2.45, 2.75) is 24.8 Å². The molecular weight excluding hydrogens is 422 g/mol. The summed E-state index contributed by atoms with van der Waals surface area (Å²) in [6.07, 6.45) is 1.29. The number of ether oxygens (including phenoxy) is 1. The largest absolute Gasteiger partial charge is 0.504 e. The van der Waals surface area contributed by atoms with Gasteiger partial charge in [0.1, 0.15) is 0 Å². The first kappa shape index (κ1) is 20.5. The van der Waals surface area contributed by atoms with Crippen molar-refractivity contribution >= 4 is 27.8 Å². The van der Waals surface area contributed by atoms with Crippen LogP contribution in [0, 0.1) is 0 Å². The van der Waals surface area contributed by atoms with Crippen molar-refractivity contribution in [3.63, 3.8) is 0 Å². The lowest BCUT2D eigenvalue weighted by atomic mass is 9.71. The minimum absolute atomic E-state index is 0.0850. The minimum atomic E-state index is -0.303. The van der Waals surface area contributed by atoms with Crippen LogP contribution in [0.15, 0.2) is 90.5 Å². The highest BCUT2D eigenvalue weighted by Crippen LogP contribution is 2.51. The Kier molecular flexibility index (Phi) is 4.88. The summed E-state index contributed by atoms with van der Waals surface area (Å²) in [7, 11) is 1.54. The number of Topliss-reactive ketones (excluding diaryl/α,β-unsaturated/α-hetero) is 1. The smallest absolute Gasteiger partial charge is 0.162 e. The third kappa shape index (κ3) is 3.26. The van der Waals surface area contributed by atoms with Gasteiger partial charge in [-0.15, -0.1) is 0 Å². The number of anilines is 1. The van der Waals surface area contributed by atoms with E-state index in [4.69, 9.17) is 4.74 Å². The van der Waals surface area contributed by atoms with Gasteiger partial charge in [-0.1, -0.05) is 66.7 Å². The quantitative estimate of drug-likeness (QED) is 0.370. The van der Waals surface area contributed by atoms with Gasteiger partial charge in [0.2, 0.25) is 0 Å². The molecule has 0 radical (unpaired) electrons. The number of carbonyl (C=O) groups excluding carboxylic acids is 1. The Morgan fingerprint density at radius 1 is 0.882 bits per heavy atom. The molecule has 1 aliphatic carbocycles. The molecule has 2 N–H and O–H groups in total. The second-order valence-electron chi connectivity index (χ2n) is 9.05. The molecule has 0 spiro atoms. The van der Waals surface area contributed by atoms with E-state index in [1.807, 2.05) is 36.4 Å². The van der Waals surface area contributed by atoms with E-state index in [2.05, 4.69) is 47.8 Å². The second kappa shape index (κ2) is 8.07. The molecule has 0 unspecified atom stereocenters. The van der Waals surface area contributed by atoms with E-state index >= 15 is 0 Å². The summed E-state index contributed by atoms with van der Waals surface area (Å²) < 4.78 is 5.36. The number of carbonyl (C=O) groups is 1. The van der Waals surface area contributed by atoms with E-state index in [-0.39, 0.29) is 23.5 Å². The summed E-state index contributed by atoms with van der Waals surface area (Å²) in [4.78, 5) is 13.8. The molecule has 2 aliphatic rings. The van der Waals surface area contributed by atoms with Gasteiger partial charge in [0, 0.05) is 23.2 Å². The Balaban J connectivity index is 1.57. The lowest BCUT2D eigenvalue weighted by Gasteiger charge is -2.37. The standard InChI is InChI=1S/C30H25NO3/c1-34-27-17-20(12-14-25(27)32)30-29-23(15-21(16-26(29)33)18-7-3-2-4-8-18)28-22-10-6-5-9-19(22)11-13-24(28)31-30/h2-14,17,21,30-32H,15-16H2,1H3/t21-,30+/m1/s1. The van der Waals surface area contributed by atoms with Gasteiger partial charge in [0.25, 0.3) is 0 Å². The molecule has 1 heterocycles. The molecule has 4 aromatic rings. The average Bonchev–Trinajstić information content (AvgIpc) is 2.88. The number of ketones is 1. The van der Waals surface area contributed by atoms with Crippen molar-refractivity contribution in [1.29, 1.82) is 0 Å². The number of methoxy groups -OCH3 is 1. The zero-order valence-electron chi connectivity index (χ0n) is 18.9. The van der Waals surface area contributed by atoms with Crippen LogP contribution in [-0.2, 0) is 4.79 Å². The number of fused-ring (bicyclic) bond motifs is 4. The van der Waals surface area contributed by atoms with Crippen LogP contribution in [0.5, 0.6) is 11.5 Å². The highest BCUT2D eigenvalue weighted by Gasteiger charge is 2.38. The lowest BCUT2D eigenvalue weighted by molar-refractivity contribution is -0.116. The fourth-order valence-corrected chi connectivity index (χ4v) is 5.53. The van der Waals surface area contributed by atoms with E-state index in [0.29, 0.717) is 12.2 Å². The highest BCUT2D eigenvalue weighted by molar-refractivity contribution is 6.13. The predicted octanol–water partition coefficient (Wildman–Crippen LogP) is 6.62. The van der Waals surface area contributed by atoms with E-state index in [1.54, 1.807) is 6.07 Å². The first-order valence-electron chi connectivity index (χ1n) is 11.6. The molecule has 4 heteroatoms. The summed E-state index contributed by atoms with van der Waals surface area (Å²) in [6.45, 7) is 0. The van der Waals surface area contributed by atoms with Crippen molar-refractivity contribution in [2.75, 3.05) is 12.4 Å². The van der Waals surface area contributed by atoms with Crippen molar-refractivity contribution in [2.24, 2.45) is 0 Å². The number of hydrogen-bond acceptors (Lipinski definition) is 4. The van der Waals surface area contributed by atoms with Gasteiger partial charge < -0.3 is 15.2 Å². The van der Waals surface area contributed by atoms with Crippen LogP contribution >= 0.6 is 0 Å². The number of hydrogen-bond donors (Lipinski definition) is 2. The Bertz CT molecular complexity index is 1450. The fraction of sp³-hybridized carbons (Fsp3) is 0.167. The summed E-state index contributed by atoms with van der Waals surface area (Å²) in [6, 6.07) is 28.0. The van der Waals surface area contributed by atoms with Gasteiger partial charge >= 0.3 is 0 Å². The van der Waals surface area contributed by atoms with Crippen LogP contribution < -0.4 is 10.1 Å². The zero-order chi connectivity index (χ0) is 23.2.